The van der Waals surface area contributed by atoms with E-state index in [0.29, 0.717) is 0 Å². The first-order valence-electron chi connectivity index (χ1n) is 17.1. The third kappa shape index (κ3) is 22.6. The molecule has 0 saturated heterocycles. The number of nitrogens with one attached hydrogen (secondary N) is 6. The summed E-state index contributed by atoms with van der Waals surface area (Å²) in [6.45, 7) is 2.87. The van der Waals surface area contributed by atoms with E-state index in [1.54, 1.807) is 11.6 Å². The molecule has 0 unspecified atom stereocenters. The summed E-state index contributed by atoms with van der Waals surface area (Å²) >= 11 is 1.21. The molecular formula is C32H47F3N6O15S. The first-order valence-corrected chi connectivity index (χ1v) is 18.5. The topological polar surface area (TPSA) is 341 Å². The molecule has 0 spiro atoms. The molecule has 0 heterocycles. The molecule has 0 aromatic carbocycles. The summed E-state index contributed by atoms with van der Waals surface area (Å²) < 4.78 is 38.6. The van der Waals surface area contributed by atoms with Gasteiger partial charge in [-0.1, -0.05) is 13.8 Å². The van der Waals surface area contributed by atoms with E-state index in [2.05, 4.69) is 21.3 Å². The Morgan fingerprint density at radius 3 is 1.44 bits per heavy atom. The van der Waals surface area contributed by atoms with Gasteiger partial charge in [0.25, 0.3) is 0 Å². The van der Waals surface area contributed by atoms with Crippen molar-refractivity contribution in [1.82, 2.24) is 31.9 Å². The number of thioether (sulfide) groups is 1. The number of carbonyl (C=O) groups excluding carboxylic acids is 7. The fraction of sp³-hybridized carbons (Fsp3) is 0.656. The maximum atomic E-state index is 13.6. The van der Waals surface area contributed by atoms with E-state index in [1.807, 2.05) is 5.32 Å². The highest BCUT2D eigenvalue weighted by Gasteiger charge is 2.36. The number of halogens is 3. The normalized spacial score (nSPS) is 14.3. The van der Waals surface area contributed by atoms with Crippen molar-refractivity contribution in [2.45, 2.75) is 114 Å². The molecule has 0 aromatic rings. The SMILES string of the molecule is CSCC[C@H](NC(=O)[C@H](CCC(=O)O)NC(=O)[C@H](CC(=O)O)NC(=O)CCC(=O)O)C(=O)N[C@H](C(=O)N[C@@H](CCC(=O)O)C(=O)N[C@H](C=O)CC(F)(F)F)C(C)C. The minimum Gasteiger partial charge on any atom is -0.481 e. The number of amides is 6. The lowest BCUT2D eigenvalue weighted by Crippen LogP contribution is -2.60. The van der Waals surface area contributed by atoms with Crippen molar-refractivity contribution in [3.05, 3.63) is 0 Å². The van der Waals surface area contributed by atoms with Gasteiger partial charge in [0.15, 0.2) is 0 Å². The molecule has 0 aromatic heterocycles. The third-order valence-corrected chi connectivity index (χ3v) is 8.23. The first-order chi connectivity index (χ1) is 26.4. The van der Waals surface area contributed by atoms with Gasteiger partial charge >= 0.3 is 30.1 Å². The van der Waals surface area contributed by atoms with Crippen molar-refractivity contribution >= 4 is 77.4 Å². The van der Waals surface area contributed by atoms with Crippen molar-refractivity contribution in [2.24, 2.45) is 5.92 Å². The maximum Gasteiger partial charge on any atom is 0.391 e. The van der Waals surface area contributed by atoms with Crippen LogP contribution in [-0.2, 0) is 52.7 Å². The fourth-order valence-electron chi connectivity index (χ4n) is 4.71. The molecule has 57 heavy (non-hydrogen) atoms. The van der Waals surface area contributed by atoms with Crippen molar-refractivity contribution in [3.8, 4) is 0 Å². The van der Waals surface area contributed by atoms with Crippen LogP contribution >= 0.6 is 11.8 Å². The minimum absolute atomic E-state index is 0.137. The van der Waals surface area contributed by atoms with Gasteiger partial charge in [-0.25, -0.2) is 0 Å². The van der Waals surface area contributed by atoms with Gasteiger partial charge in [-0.2, -0.15) is 24.9 Å². The summed E-state index contributed by atoms with van der Waals surface area (Å²) in [5.41, 5.74) is 0. The summed E-state index contributed by atoms with van der Waals surface area (Å²) in [5, 5.41) is 49.2. The molecular weight excluding hydrogens is 797 g/mol. The number of aliphatic carboxylic acids is 4. The molecule has 0 radical (unpaired) electrons. The van der Waals surface area contributed by atoms with Crippen LogP contribution in [0.2, 0.25) is 0 Å². The molecule has 322 valence electrons. The van der Waals surface area contributed by atoms with Crippen LogP contribution in [0.5, 0.6) is 0 Å². The van der Waals surface area contributed by atoms with Gasteiger partial charge in [-0.15, -0.1) is 0 Å². The standard InChI is InChI=1S/C32H47F3N6O15S/c1-15(2)26(31(56)40-17(4-7-22(44)45)27(52)36-16(14-42)13-32(33,34)35)41-29(54)19(10-11-57-3)39-28(53)18(5-8-23(46)47)38-30(55)20(12-25(50)51)37-21(43)6-9-24(48)49/h14-20,26H,4-13H2,1-3H3,(H,36,52)(H,37,43)(H,38,55)(H,39,53)(H,40,56)(H,41,54)(H,44,45)(H,46,47)(H,48,49)(H,50,51)/t16-,17-,18-,19-,20-,26-/m0/s1. The molecule has 0 bridgehead atoms. The molecule has 6 amide bonds. The molecule has 0 aliphatic rings. The predicted molar refractivity (Wildman–Crippen MR) is 189 cm³/mol. The van der Waals surface area contributed by atoms with Crippen LogP contribution < -0.4 is 31.9 Å². The number of hydrogen-bond acceptors (Lipinski definition) is 12. The summed E-state index contributed by atoms with van der Waals surface area (Å²) in [7, 11) is 0. The van der Waals surface area contributed by atoms with Gasteiger partial charge in [-0.05, 0) is 37.2 Å². The molecule has 0 aliphatic carbocycles. The Kier molecular flexibility index (Phi) is 23.2. The Balaban J connectivity index is 6.31. The van der Waals surface area contributed by atoms with E-state index in [-0.39, 0.29) is 18.5 Å². The number of alkyl halides is 3. The smallest absolute Gasteiger partial charge is 0.391 e. The van der Waals surface area contributed by atoms with E-state index in [0.717, 1.165) is 0 Å². The summed E-state index contributed by atoms with van der Waals surface area (Å²) in [6.07, 6.45) is -10.4. The molecule has 6 atom stereocenters. The zero-order valence-corrected chi connectivity index (χ0v) is 31.8. The second-order valence-corrected chi connectivity index (χ2v) is 13.7. The van der Waals surface area contributed by atoms with Crippen LogP contribution in [0.1, 0.15) is 71.6 Å². The second kappa shape index (κ2) is 25.6. The third-order valence-electron chi connectivity index (χ3n) is 7.59. The summed E-state index contributed by atoms with van der Waals surface area (Å²) in [4.78, 5) is 134. The number of carbonyl (C=O) groups is 11. The number of hydrogen-bond donors (Lipinski definition) is 10. The molecule has 10 N–H and O–H groups in total. The Bertz CT molecular complexity index is 1480. The highest BCUT2D eigenvalue weighted by Crippen LogP contribution is 2.21. The van der Waals surface area contributed by atoms with Crippen LogP contribution in [0.25, 0.3) is 0 Å². The Hall–Kier alpha value is -5.49. The lowest BCUT2D eigenvalue weighted by Gasteiger charge is -2.28. The average Bonchev–Trinajstić information content (AvgIpc) is 3.09. The average molecular weight is 845 g/mol. The minimum atomic E-state index is -4.87. The Morgan fingerprint density at radius 1 is 0.579 bits per heavy atom. The highest BCUT2D eigenvalue weighted by atomic mass is 32.2. The van der Waals surface area contributed by atoms with Crippen LogP contribution in [0.4, 0.5) is 13.2 Å². The van der Waals surface area contributed by atoms with Crippen molar-refractivity contribution in [3.63, 3.8) is 0 Å². The van der Waals surface area contributed by atoms with Crippen LogP contribution in [-0.4, -0.2) is 140 Å². The maximum absolute atomic E-state index is 13.6. The van der Waals surface area contributed by atoms with Crippen LogP contribution in [0.15, 0.2) is 0 Å². The van der Waals surface area contributed by atoms with Gasteiger partial charge in [0.05, 0.1) is 25.3 Å². The van der Waals surface area contributed by atoms with Gasteiger partial charge in [0.1, 0.15) is 36.5 Å². The van der Waals surface area contributed by atoms with E-state index >= 15 is 0 Å². The zero-order chi connectivity index (χ0) is 44.0. The fourth-order valence-corrected chi connectivity index (χ4v) is 5.18. The van der Waals surface area contributed by atoms with E-state index in [9.17, 15) is 76.1 Å². The Labute approximate surface area is 327 Å². The highest BCUT2D eigenvalue weighted by molar-refractivity contribution is 7.98. The molecule has 0 rings (SSSR count). The van der Waals surface area contributed by atoms with Crippen molar-refractivity contribution < 1.29 is 86.3 Å². The predicted octanol–water partition coefficient (Wildman–Crippen LogP) is -1.48. The van der Waals surface area contributed by atoms with Gasteiger partial charge in [0, 0.05) is 19.3 Å². The van der Waals surface area contributed by atoms with E-state index in [1.165, 1.54) is 25.6 Å². The lowest BCUT2D eigenvalue weighted by atomic mass is 10.0. The molecule has 21 nitrogen and oxygen atoms in total. The first kappa shape index (κ1) is 51.5. The van der Waals surface area contributed by atoms with Crippen LogP contribution in [0, 0.1) is 5.92 Å². The zero-order valence-electron chi connectivity index (χ0n) is 31.0. The van der Waals surface area contributed by atoms with Gasteiger partial charge < -0.3 is 57.1 Å². The van der Waals surface area contributed by atoms with Crippen LogP contribution in [0.3, 0.4) is 0 Å². The van der Waals surface area contributed by atoms with E-state index < -0.39 is 159 Å². The van der Waals surface area contributed by atoms with Gasteiger partial charge in [-0.3, -0.25) is 47.9 Å². The van der Waals surface area contributed by atoms with Crippen molar-refractivity contribution in [1.29, 1.82) is 0 Å². The molecule has 0 aliphatic heterocycles. The van der Waals surface area contributed by atoms with Gasteiger partial charge in [0.2, 0.25) is 35.4 Å². The number of aldehydes is 1. The lowest BCUT2D eigenvalue weighted by molar-refractivity contribution is -0.147. The Morgan fingerprint density at radius 2 is 1.02 bits per heavy atom. The number of carboxylic acid groups (broad SMARTS) is 4. The van der Waals surface area contributed by atoms with Crippen molar-refractivity contribution in [2.75, 3.05) is 12.0 Å². The summed E-state index contributed by atoms with van der Waals surface area (Å²) in [6, 6.07) is -10.5. The summed E-state index contributed by atoms with van der Waals surface area (Å²) in [5.74, 6) is -13.3. The largest absolute Gasteiger partial charge is 0.481 e. The number of carboxylic acids is 4. The molecule has 0 saturated carbocycles. The number of rotatable bonds is 28. The second-order valence-electron chi connectivity index (χ2n) is 12.7. The monoisotopic (exact) mass is 844 g/mol. The molecule has 25 heteroatoms. The molecule has 0 fully saturated rings. The quantitative estimate of drug-likeness (QED) is 0.0402. The van der Waals surface area contributed by atoms with E-state index in [4.69, 9.17) is 10.2 Å².